The largest absolute Gasteiger partial charge is 0.477 e. The van der Waals surface area contributed by atoms with Gasteiger partial charge in [0.2, 0.25) is 5.91 Å². The van der Waals surface area contributed by atoms with Crippen LogP contribution in [0.15, 0.2) is 12.3 Å². The summed E-state index contributed by atoms with van der Waals surface area (Å²) < 4.78 is 0. The molecule has 0 unspecified atom stereocenters. The molecular weight excluding hydrogens is 382 g/mol. The second-order valence-electron chi connectivity index (χ2n) is 6.84. The molecule has 10 nitrogen and oxygen atoms in total. The Bertz CT molecular complexity index is 891. The van der Waals surface area contributed by atoms with Gasteiger partial charge in [0.25, 0.3) is 0 Å². The van der Waals surface area contributed by atoms with Crippen molar-refractivity contribution in [3.8, 4) is 0 Å². The summed E-state index contributed by atoms with van der Waals surface area (Å²) in [5.74, 6) is 1.29. The Kier molecular flexibility index (Phi) is 5.09. The summed E-state index contributed by atoms with van der Waals surface area (Å²) in [6, 6.07) is 1.83. The Hall–Kier alpha value is -2.79. The fraction of sp³-hybridized carbons (Fsp3) is 0.471. The van der Waals surface area contributed by atoms with Crippen LogP contribution in [-0.2, 0) is 4.79 Å². The number of carbonyl (C=O) groups is 2. The number of thiazole rings is 1. The lowest BCUT2D eigenvalue weighted by Crippen LogP contribution is -2.54. The van der Waals surface area contributed by atoms with Crippen LogP contribution >= 0.6 is 11.3 Å². The third-order valence-corrected chi connectivity index (χ3v) is 5.50. The number of amides is 1. The third-order valence-electron chi connectivity index (χ3n) is 4.60. The fourth-order valence-corrected chi connectivity index (χ4v) is 3.62. The molecule has 11 heteroatoms. The van der Waals surface area contributed by atoms with Crippen molar-refractivity contribution in [2.75, 3.05) is 36.4 Å². The van der Waals surface area contributed by atoms with E-state index in [4.69, 9.17) is 5.11 Å². The molecule has 0 atom stereocenters. The summed E-state index contributed by atoms with van der Waals surface area (Å²) in [6.07, 6.45) is 3.31. The van der Waals surface area contributed by atoms with E-state index in [0.717, 1.165) is 56.2 Å². The first-order valence-corrected chi connectivity index (χ1v) is 9.92. The van der Waals surface area contributed by atoms with E-state index < -0.39 is 5.97 Å². The first-order chi connectivity index (χ1) is 13.5. The van der Waals surface area contributed by atoms with Gasteiger partial charge >= 0.3 is 5.97 Å². The third kappa shape index (κ3) is 4.37. The zero-order valence-corrected chi connectivity index (χ0v) is 16.2. The van der Waals surface area contributed by atoms with Crippen molar-refractivity contribution in [2.45, 2.75) is 19.8 Å². The number of nitrogens with zero attached hydrogens (tertiary/aromatic N) is 5. The van der Waals surface area contributed by atoms with E-state index >= 15 is 0 Å². The van der Waals surface area contributed by atoms with E-state index in [1.165, 1.54) is 6.20 Å². The van der Waals surface area contributed by atoms with Crippen LogP contribution in [0.25, 0.3) is 0 Å². The number of piperazine rings is 1. The van der Waals surface area contributed by atoms with Crippen molar-refractivity contribution in [3.05, 3.63) is 23.0 Å². The van der Waals surface area contributed by atoms with Gasteiger partial charge in [-0.2, -0.15) is 0 Å². The van der Waals surface area contributed by atoms with Gasteiger partial charge in [0, 0.05) is 38.2 Å². The van der Waals surface area contributed by atoms with Gasteiger partial charge in [0.05, 0.1) is 6.20 Å². The summed E-state index contributed by atoms with van der Waals surface area (Å²) in [7, 11) is 0. The number of anilines is 3. The van der Waals surface area contributed by atoms with Gasteiger partial charge in [-0.15, -0.1) is 0 Å². The van der Waals surface area contributed by atoms with Crippen LogP contribution in [0.5, 0.6) is 0 Å². The molecule has 2 aromatic heterocycles. The molecule has 1 aliphatic heterocycles. The average molecular weight is 403 g/mol. The highest BCUT2D eigenvalue weighted by Gasteiger charge is 2.31. The molecule has 28 heavy (non-hydrogen) atoms. The summed E-state index contributed by atoms with van der Waals surface area (Å²) in [6.45, 7) is 4.73. The predicted molar refractivity (Wildman–Crippen MR) is 104 cm³/mol. The van der Waals surface area contributed by atoms with E-state index in [0.29, 0.717) is 16.8 Å². The van der Waals surface area contributed by atoms with Gasteiger partial charge < -0.3 is 15.3 Å². The highest BCUT2D eigenvalue weighted by Crippen LogP contribution is 2.29. The Balaban J connectivity index is 1.39. The molecule has 3 heterocycles. The summed E-state index contributed by atoms with van der Waals surface area (Å²) in [4.78, 5) is 38.1. The summed E-state index contributed by atoms with van der Waals surface area (Å²) in [5.41, 5.74) is 2.99. The lowest BCUT2D eigenvalue weighted by atomic mass is 10.3. The maximum absolute atomic E-state index is 11.9. The quantitative estimate of drug-likeness (QED) is 0.653. The zero-order valence-electron chi connectivity index (χ0n) is 15.4. The van der Waals surface area contributed by atoms with Gasteiger partial charge in [-0.1, -0.05) is 11.3 Å². The van der Waals surface area contributed by atoms with Crippen molar-refractivity contribution in [1.29, 1.82) is 0 Å². The Morgan fingerprint density at radius 3 is 2.61 bits per heavy atom. The van der Waals surface area contributed by atoms with Gasteiger partial charge in [-0.3, -0.25) is 10.2 Å². The SMILES string of the molecule is Cc1nc(Nc2ncc(C(=O)O)s2)cc(N2CCN(NC(=O)C3CC3)CC2)n1. The molecule has 148 valence electrons. The summed E-state index contributed by atoms with van der Waals surface area (Å²) >= 11 is 1.05. The van der Waals surface area contributed by atoms with Crippen molar-refractivity contribution in [2.24, 2.45) is 5.92 Å². The normalized spacial score (nSPS) is 17.4. The smallest absolute Gasteiger partial charge is 0.347 e. The summed E-state index contributed by atoms with van der Waals surface area (Å²) in [5, 5.41) is 14.5. The lowest BCUT2D eigenvalue weighted by Gasteiger charge is -2.35. The average Bonchev–Trinajstić information content (AvgIpc) is 3.41. The monoisotopic (exact) mass is 403 g/mol. The second kappa shape index (κ2) is 7.68. The maximum Gasteiger partial charge on any atom is 0.347 e. The first kappa shape index (κ1) is 18.6. The minimum Gasteiger partial charge on any atom is -0.477 e. The van der Waals surface area contributed by atoms with Crippen molar-refractivity contribution in [3.63, 3.8) is 0 Å². The second-order valence-corrected chi connectivity index (χ2v) is 7.87. The van der Waals surface area contributed by atoms with Gasteiger partial charge in [-0.25, -0.2) is 24.8 Å². The Morgan fingerprint density at radius 1 is 1.21 bits per heavy atom. The number of carbonyl (C=O) groups excluding carboxylic acids is 1. The number of nitrogens with one attached hydrogen (secondary N) is 2. The van der Waals surface area contributed by atoms with Crippen molar-refractivity contribution >= 4 is 40.0 Å². The molecule has 1 saturated carbocycles. The molecular formula is C17H21N7O3S. The molecule has 2 fully saturated rings. The molecule has 4 rings (SSSR count). The Labute approximate surface area is 165 Å². The molecule has 1 aliphatic carbocycles. The zero-order chi connectivity index (χ0) is 19.7. The van der Waals surface area contributed by atoms with E-state index in [-0.39, 0.29) is 16.7 Å². The van der Waals surface area contributed by atoms with Crippen molar-refractivity contribution in [1.82, 2.24) is 25.4 Å². The highest BCUT2D eigenvalue weighted by atomic mass is 32.1. The number of hydrogen-bond donors (Lipinski definition) is 3. The van der Waals surface area contributed by atoms with Crippen LogP contribution < -0.4 is 15.6 Å². The number of aryl methyl sites for hydroxylation is 1. The number of hydrazine groups is 1. The van der Waals surface area contributed by atoms with Crippen LogP contribution in [0.2, 0.25) is 0 Å². The molecule has 0 radical (unpaired) electrons. The molecule has 3 N–H and O–H groups in total. The predicted octanol–water partition coefficient (Wildman–Crippen LogP) is 1.25. The molecule has 0 spiro atoms. The molecule has 0 aromatic carbocycles. The van der Waals surface area contributed by atoms with Crippen LogP contribution in [0, 0.1) is 12.8 Å². The van der Waals surface area contributed by atoms with E-state index in [2.05, 4.69) is 30.6 Å². The van der Waals surface area contributed by atoms with Gasteiger partial charge in [0.1, 0.15) is 22.3 Å². The minimum atomic E-state index is -1.00. The number of carboxylic acid groups (broad SMARTS) is 1. The first-order valence-electron chi connectivity index (χ1n) is 9.10. The fourth-order valence-electron chi connectivity index (χ4n) is 2.96. The number of rotatable bonds is 6. The van der Waals surface area contributed by atoms with Crippen LogP contribution in [0.4, 0.5) is 16.8 Å². The standard InChI is InChI=1S/C17H21N7O3S/c1-10-19-13(21-17-18-9-12(28-17)16(26)27)8-14(20-10)23-4-6-24(7-5-23)22-15(25)11-2-3-11/h8-9,11H,2-7H2,1H3,(H,22,25)(H,26,27)(H,18,19,20,21). The van der Waals surface area contributed by atoms with Crippen LogP contribution in [-0.4, -0.2) is 63.1 Å². The molecule has 0 bridgehead atoms. The van der Waals surface area contributed by atoms with Gasteiger partial charge in [-0.05, 0) is 19.8 Å². The highest BCUT2D eigenvalue weighted by molar-refractivity contribution is 7.17. The molecule has 2 aliphatic rings. The topological polar surface area (TPSA) is 124 Å². The van der Waals surface area contributed by atoms with Crippen LogP contribution in [0.3, 0.4) is 0 Å². The van der Waals surface area contributed by atoms with E-state index in [9.17, 15) is 9.59 Å². The van der Waals surface area contributed by atoms with Gasteiger partial charge in [0.15, 0.2) is 5.13 Å². The number of aromatic nitrogens is 3. The van der Waals surface area contributed by atoms with Crippen molar-refractivity contribution < 1.29 is 14.7 Å². The number of hydrogen-bond acceptors (Lipinski definition) is 9. The van der Waals surface area contributed by atoms with E-state index in [1.54, 1.807) is 0 Å². The molecule has 2 aromatic rings. The lowest BCUT2D eigenvalue weighted by molar-refractivity contribution is -0.127. The maximum atomic E-state index is 11.9. The minimum absolute atomic E-state index is 0.127. The number of aromatic carboxylic acids is 1. The van der Waals surface area contributed by atoms with E-state index in [1.807, 2.05) is 18.0 Å². The molecule has 1 amide bonds. The Morgan fingerprint density at radius 2 is 1.96 bits per heavy atom. The van der Waals surface area contributed by atoms with Crippen LogP contribution in [0.1, 0.15) is 28.3 Å². The molecule has 1 saturated heterocycles. The number of carboxylic acids is 1.